The second kappa shape index (κ2) is 16.1. The van der Waals surface area contributed by atoms with Crippen molar-refractivity contribution in [2.45, 2.75) is 65.5 Å². The Morgan fingerprint density at radius 1 is 0.742 bits per heavy atom. The van der Waals surface area contributed by atoms with Gasteiger partial charge in [-0.15, -0.1) is 0 Å². The van der Waals surface area contributed by atoms with E-state index in [-0.39, 0.29) is 31.5 Å². The van der Waals surface area contributed by atoms with E-state index in [4.69, 9.17) is 5.73 Å². The molecule has 0 aromatic heterocycles. The molecule has 7 N–H and O–H groups in total. The number of carbonyl (C=O) groups excluding carboxylic acids is 5. The van der Waals surface area contributed by atoms with Crippen LogP contribution in [0.1, 0.15) is 53.4 Å². The van der Waals surface area contributed by atoms with Gasteiger partial charge in [-0.1, -0.05) is 27.7 Å². The van der Waals surface area contributed by atoms with Crippen LogP contribution in [0.3, 0.4) is 0 Å². The van der Waals surface area contributed by atoms with E-state index in [2.05, 4.69) is 26.6 Å². The van der Waals surface area contributed by atoms with Crippen LogP contribution in [0.25, 0.3) is 0 Å². The maximum absolute atomic E-state index is 12.0. The topological polar surface area (TPSA) is 172 Å². The quantitative estimate of drug-likeness (QED) is 0.159. The zero-order chi connectivity index (χ0) is 23.8. The van der Waals surface area contributed by atoms with Gasteiger partial charge in [-0.2, -0.15) is 0 Å². The summed E-state index contributed by atoms with van der Waals surface area (Å²) < 4.78 is 0. The maximum Gasteiger partial charge on any atom is 0.240 e. The molecular formula is C20H38N6O5. The molecule has 0 aromatic rings. The Bertz CT molecular complexity index is 609. The van der Waals surface area contributed by atoms with Gasteiger partial charge in [0, 0.05) is 12.5 Å². The number of carbonyl (C=O) groups is 5. The standard InChI is InChI=1S/C20H38N6O5/c1-13(2)9-16(27)23-10-17(28)24-11-18(29)25-12-19(30)26-15(20(21)31)7-5-6-8-22-14(3)4/h13-15,22H,5-12H2,1-4H3,(H2,21,31)(H,23,27)(H,24,28)(H,25,29)(H,26,30)/t15-/m0/s1. The Morgan fingerprint density at radius 3 is 1.74 bits per heavy atom. The molecule has 1 atom stereocenters. The van der Waals surface area contributed by atoms with Crippen molar-refractivity contribution in [1.29, 1.82) is 0 Å². The fraction of sp³-hybridized carbons (Fsp3) is 0.750. The third kappa shape index (κ3) is 16.8. The maximum atomic E-state index is 12.0. The minimum absolute atomic E-state index is 0.177. The van der Waals surface area contributed by atoms with Gasteiger partial charge in [-0.25, -0.2) is 0 Å². The van der Waals surface area contributed by atoms with Gasteiger partial charge < -0.3 is 32.3 Å². The molecule has 0 saturated carbocycles. The van der Waals surface area contributed by atoms with E-state index in [0.717, 1.165) is 13.0 Å². The molecule has 0 rings (SSSR count). The predicted octanol–water partition coefficient (Wildman–Crippen LogP) is -1.48. The molecule has 11 heteroatoms. The number of unbranched alkanes of at least 4 members (excludes halogenated alkanes) is 1. The second-order valence-corrected chi connectivity index (χ2v) is 8.06. The van der Waals surface area contributed by atoms with Crippen LogP contribution in [0.15, 0.2) is 0 Å². The van der Waals surface area contributed by atoms with E-state index in [1.54, 1.807) is 0 Å². The van der Waals surface area contributed by atoms with Crippen LogP contribution >= 0.6 is 0 Å². The monoisotopic (exact) mass is 442 g/mol. The fourth-order valence-corrected chi connectivity index (χ4v) is 2.50. The second-order valence-electron chi connectivity index (χ2n) is 8.06. The number of nitrogens with two attached hydrogens (primary N) is 1. The highest BCUT2D eigenvalue weighted by Gasteiger charge is 2.18. The molecule has 11 nitrogen and oxygen atoms in total. The Kier molecular flexibility index (Phi) is 14.7. The molecule has 0 unspecified atom stereocenters. The van der Waals surface area contributed by atoms with Crippen LogP contribution in [0.4, 0.5) is 0 Å². The SMILES string of the molecule is CC(C)CC(=O)NCC(=O)NCC(=O)NCC(=O)N[C@@H](CCCCNC(C)C)C(N)=O. The lowest BCUT2D eigenvalue weighted by atomic mass is 10.1. The minimum Gasteiger partial charge on any atom is -0.368 e. The molecule has 0 aliphatic carbocycles. The van der Waals surface area contributed by atoms with E-state index in [1.165, 1.54) is 0 Å². The van der Waals surface area contributed by atoms with Crippen LogP contribution in [-0.2, 0) is 24.0 Å². The van der Waals surface area contributed by atoms with Gasteiger partial charge in [0.2, 0.25) is 29.5 Å². The van der Waals surface area contributed by atoms with E-state index in [9.17, 15) is 24.0 Å². The van der Waals surface area contributed by atoms with Crippen molar-refractivity contribution in [1.82, 2.24) is 26.6 Å². The van der Waals surface area contributed by atoms with Gasteiger partial charge in [0.1, 0.15) is 6.04 Å². The number of amides is 5. The van der Waals surface area contributed by atoms with E-state index in [0.29, 0.717) is 25.3 Å². The molecule has 178 valence electrons. The molecular weight excluding hydrogens is 404 g/mol. The summed E-state index contributed by atoms with van der Waals surface area (Å²) in [6.07, 6.45) is 2.27. The van der Waals surface area contributed by atoms with Gasteiger partial charge in [0.15, 0.2) is 0 Å². The van der Waals surface area contributed by atoms with Crippen LogP contribution < -0.4 is 32.3 Å². The molecule has 0 aromatic carbocycles. The summed E-state index contributed by atoms with van der Waals surface area (Å²) in [5.41, 5.74) is 5.33. The molecule has 0 fully saturated rings. The van der Waals surface area contributed by atoms with Crippen molar-refractivity contribution in [3.8, 4) is 0 Å². The Labute approximate surface area is 184 Å². The Hall–Kier alpha value is -2.69. The summed E-state index contributed by atoms with van der Waals surface area (Å²) in [5.74, 6) is -2.35. The number of rotatable bonds is 16. The number of nitrogens with one attached hydrogen (secondary N) is 5. The predicted molar refractivity (Wildman–Crippen MR) is 117 cm³/mol. The van der Waals surface area contributed by atoms with Crippen molar-refractivity contribution < 1.29 is 24.0 Å². The van der Waals surface area contributed by atoms with Crippen molar-refractivity contribution in [2.24, 2.45) is 11.7 Å². The van der Waals surface area contributed by atoms with Crippen molar-refractivity contribution in [2.75, 3.05) is 26.2 Å². The molecule has 0 aliphatic rings. The van der Waals surface area contributed by atoms with Crippen LogP contribution in [-0.4, -0.2) is 67.8 Å². The molecule has 0 radical (unpaired) electrons. The summed E-state index contributed by atoms with van der Waals surface area (Å²) in [6, 6.07) is -0.429. The van der Waals surface area contributed by atoms with Gasteiger partial charge in [-0.3, -0.25) is 24.0 Å². The Balaban J connectivity index is 4.08. The van der Waals surface area contributed by atoms with E-state index in [1.807, 2.05) is 27.7 Å². The van der Waals surface area contributed by atoms with Crippen LogP contribution in [0.2, 0.25) is 0 Å². The molecule has 0 aliphatic heterocycles. The summed E-state index contributed by atoms with van der Waals surface area (Å²) >= 11 is 0. The number of hydrogen-bond donors (Lipinski definition) is 6. The highest BCUT2D eigenvalue weighted by Crippen LogP contribution is 2.01. The highest BCUT2D eigenvalue weighted by molar-refractivity contribution is 5.91. The third-order valence-electron chi connectivity index (χ3n) is 4.08. The molecule has 0 spiro atoms. The van der Waals surface area contributed by atoms with Gasteiger partial charge in [0.25, 0.3) is 0 Å². The largest absolute Gasteiger partial charge is 0.368 e. The summed E-state index contributed by atoms with van der Waals surface area (Å²) in [7, 11) is 0. The van der Waals surface area contributed by atoms with Crippen LogP contribution in [0.5, 0.6) is 0 Å². The highest BCUT2D eigenvalue weighted by atomic mass is 16.2. The lowest BCUT2D eigenvalue weighted by Crippen LogP contribution is -2.49. The molecule has 0 heterocycles. The smallest absolute Gasteiger partial charge is 0.240 e. The summed E-state index contributed by atoms with van der Waals surface area (Å²) in [4.78, 5) is 58.4. The minimum atomic E-state index is -0.808. The van der Waals surface area contributed by atoms with Gasteiger partial charge in [0.05, 0.1) is 19.6 Å². The lowest BCUT2D eigenvalue weighted by molar-refractivity contribution is -0.129. The van der Waals surface area contributed by atoms with Crippen molar-refractivity contribution in [3.63, 3.8) is 0 Å². The van der Waals surface area contributed by atoms with E-state index < -0.39 is 29.7 Å². The van der Waals surface area contributed by atoms with Crippen molar-refractivity contribution in [3.05, 3.63) is 0 Å². The first-order chi connectivity index (χ1) is 14.5. The van der Waals surface area contributed by atoms with Crippen LogP contribution in [0, 0.1) is 5.92 Å². The zero-order valence-corrected chi connectivity index (χ0v) is 19.0. The zero-order valence-electron chi connectivity index (χ0n) is 19.0. The van der Waals surface area contributed by atoms with Gasteiger partial charge >= 0.3 is 0 Å². The average molecular weight is 443 g/mol. The molecule has 0 bridgehead atoms. The lowest BCUT2D eigenvalue weighted by Gasteiger charge is -2.16. The fourth-order valence-electron chi connectivity index (χ4n) is 2.50. The first kappa shape index (κ1) is 28.3. The molecule has 31 heavy (non-hydrogen) atoms. The summed E-state index contributed by atoms with van der Waals surface area (Å²) in [5, 5.41) is 12.9. The van der Waals surface area contributed by atoms with Gasteiger partial charge in [-0.05, 0) is 31.7 Å². The first-order valence-corrected chi connectivity index (χ1v) is 10.6. The summed E-state index contributed by atoms with van der Waals surface area (Å²) in [6.45, 7) is 7.74. The normalized spacial score (nSPS) is 11.7. The number of primary amides is 1. The van der Waals surface area contributed by atoms with Crippen molar-refractivity contribution >= 4 is 29.5 Å². The number of hydrogen-bond acceptors (Lipinski definition) is 6. The average Bonchev–Trinajstić information content (AvgIpc) is 2.67. The third-order valence-corrected chi connectivity index (χ3v) is 4.08. The molecule has 0 saturated heterocycles. The Morgan fingerprint density at radius 2 is 1.26 bits per heavy atom. The first-order valence-electron chi connectivity index (χ1n) is 10.6. The molecule has 5 amide bonds. The van der Waals surface area contributed by atoms with E-state index >= 15 is 0 Å².